The zero-order chi connectivity index (χ0) is 46.3. The fourth-order valence-corrected chi connectivity index (χ4v) is 9.42. The third kappa shape index (κ3) is 12.2. The molecule has 0 spiro atoms. The highest BCUT2D eigenvalue weighted by Gasteiger charge is 2.53. The van der Waals surface area contributed by atoms with Gasteiger partial charge in [-0.05, 0) is 50.8 Å². The Labute approximate surface area is 373 Å². The number of nitrogens with one attached hydrogen (secondary N) is 3. The minimum absolute atomic E-state index is 0.00384. The van der Waals surface area contributed by atoms with Gasteiger partial charge in [0.1, 0.15) is 30.4 Å². The van der Waals surface area contributed by atoms with Gasteiger partial charge in [-0.1, -0.05) is 19.3 Å². The third-order valence-corrected chi connectivity index (χ3v) is 13.1. The standard InChI is InChI=1S/C41H54N9O13PS/c1-2-49(28-13-12-27-23-29(39(54)62-30(27)24-28)26-14-20-48(21-15-26)18-10-22-65(57,58)59)19-9-5-6-11-32(51)43-16-7-3-4-8-17-44-41-45-33-36(46-40(42)47-37(33)53)50(41)38-34(52)35-31(61-38)25-60-64(55,56)63-35/h12-15,20-21,23-24,31,34-35,38,52H,2-11,16-19,22,25H2,1H3,(H6-,42,43,44,45,46,47,51,53,55,56,57,58,59)/t31-,34-,35-,38-/m1/s1. The molecule has 5 atom stereocenters. The first-order valence-corrected chi connectivity index (χ1v) is 24.7. The molecule has 65 heavy (non-hydrogen) atoms. The number of pyridine rings is 1. The summed E-state index contributed by atoms with van der Waals surface area (Å²) in [5, 5.41) is 18.0. The van der Waals surface area contributed by atoms with Crippen LogP contribution in [0.15, 0.2) is 62.8 Å². The van der Waals surface area contributed by atoms with Crippen molar-refractivity contribution in [3.8, 4) is 11.1 Å². The highest BCUT2D eigenvalue weighted by molar-refractivity contribution is 7.85. The molecule has 5 aromatic rings. The van der Waals surface area contributed by atoms with Crippen molar-refractivity contribution in [2.45, 2.75) is 95.8 Å². The Bertz CT molecular complexity index is 2750. The van der Waals surface area contributed by atoms with Crippen LogP contribution in [0, 0.1) is 0 Å². The van der Waals surface area contributed by atoms with Crippen LogP contribution >= 0.6 is 7.82 Å². The summed E-state index contributed by atoms with van der Waals surface area (Å²) < 4.78 is 69.4. The fraction of sp³-hybridized carbons (Fsp3) is 0.512. The maximum atomic E-state index is 13.0. The number of H-pyrrole nitrogens is 1. The molecule has 1 aromatic carbocycles. The molecule has 0 bridgehead atoms. The van der Waals surface area contributed by atoms with Gasteiger partial charge >= 0.3 is 13.4 Å². The Morgan fingerprint density at radius 2 is 1.82 bits per heavy atom. The summed E-state index contributed by atoms with van der Waals surface area (Å²) in [6.07, 6.45) is 5.13. The van der Waals surface area contributed by atoms with Crippen LogP contribution in [-0.4, -0.2) is 105 Å². The molecule has 22 nitrogen and oxygen atoms in total. The highest BCUT2D eigenvalue weighted by Crippen LogP contribution is 2.53. The first-order valence-electron chi connectivity index (χ1n) is 21.6. The first kappa shape index (κ1) is 47.7. The van der Waals surface area contributed by atoms with E-state index in [0.29, 0.717) is 42.8 Å². The van der Waals surface area contributed by atoms with Gasteiger partial charge in [0.2, 0.25) is 17.8 Å². The van der Waals surface area contributed by atoms with E-state index < -0.39 is 59.4 Å². The highest BCUT2D eigenvalue weighted by atomic mass is 32.2. The summed E-state index contributed by atoms with van der Waals surface area (Å²) >= 11 is 0. The van der Waals surface area contributed by atoms with Gasteiger partial charge in [0, 0.05) is 79.6 Å². The van der Waals surface area contributed by atoms with Crippen LogP contribution in [-0.2, 0) is 39.8 Å². The second kappa shape index (κ2) is 20.9. The molecule has 1 unspecified atom stereocenters. The van der Waals surface area contributed by atoms with E-state index in [-0.39, 0.29) is 42.0 Å². The van der Waals surface area contributed by atoms with Crippen LogP contribution in [0.1, 0.15) is 70.9 Å². The number of rotatable bonds is 22. The summed E-state index contributed by atoms with van der Waals surface area (Å²) in [6, 6.07) is 11.1. The van der Waals surface area contributed by atoms with Crippen molar-refractivity contribution in [3.63, 3.8) is 0 Å². The number of benzene rings is 1. The Morgan fingerprint density at radius 3 is 2.57 bits per heavy atom. The molecule has 0 saturated carbocycles. The second-order valence-electron chi connectivity index (χ2n) is 16.0. The normalized spacial score (nSPS) is 20.9. The molecule has 2 aliphatic heterocycles. The van der Waals surface area contributed by atoms with E-state index in [4.69, 9.17) is 23.9 Å². The number of hydrogen-bond acceptors (Lipinski definition) is 17. The minimum Gasteiger partial charge on any atom is -0.748 e. The first-order chi connectivity index (χ1) is 31.1. The number of phosphoric ester groups is 1. The third-order valence-electron chi connectivity index (χ3n) is 11.3. The number of aryl methyl sites for hydroxylation is 1. The molecule has 6 heterocycles. The van der Waals surface area contributed by atoms with Crippen LogP contribution < -0.4 is 37.0 Å². The van der Waals surface area contributed by atoms with Crippen molar-refractivity contribution in [2.24, 2.45) is 0 Å². The van der Waals surface area contributed by atoms with Gasteiger partial charge in [0.05, 0.1) is 22.3 Å². The maximum Gasteiger partial charge on any atom is 0.472 e. The summed E-state index contributed by atoms with van der Waals surface area (Å²) in [7, 11) is -8.64. The molecule has 2 fully saturated rings. The van der Waals surface area contributed by atoms with Gasteiger partial charge in [0.25, 0.3) is 5.56 Å². The Hall–Kier alpha value is -5.26. The van der Waals surface area contributed by atoms with Gasteiger partial charge in [-0.3, -0.25) is 28.2 Å². The van der Waals surface area contributed by atoms with Crippen molar-refractivity contribution >= 4 is 63.6 Å². The molecule has 24 heteroatoms. The monoisotopic (exact) mass is 943 g/mol. The quantitative estimate of drug-likeness (QED) is 0.0191. The van der Waals surface area contributed by atoms with Gasteiger partial charge in [-0.25, -0.2) is 27.3 Å². The van der Waals surface area contributed by atoms with E-state index in [9.17, 15) is 41.9 Å². The average molecular weight is 944 g/mol. The lowest BCUT2D eigenvalue weighted by atomic mass is 10.1. The molecule has 0 radical (unpaired) electrons. The number of aromatic nitrogens is 5. The number of fused-ring (bicyclic) bond motifs is 3. The molecule has 352 valence electrons. The molecule has 7 N–H and O–H groups in total. The molecular formula is C41H54N9O13PS. The Balaban J connectivity index is 0.795. The lowest BCUT2D eigenvalue weighted by Gasteiger charge is -2.27. The number of aliphatic hydroxyl groups is 1. The number of amides is 1. The van der Waals surface area contributed by atoms with E-state index in [1.807, 2.05) is 18.2 Å². The van der Waals surface area contributed by atoms with Gasteiger partial charge in [-0.2, -0.15) is 4.98 Å². The van der Waals surface area contributed by atoms with E-state index in [1.54, 1.807) is 35.2 Å². The smallest absolute Gasteiger partial charge is 0.472 e. The number of hydrogen-bond donors (Lipinski definition) is 6. The number of anilines is 3. The number of aliphatic hydroxyl groups excluding tert-OH is 1. The largest absolute Gasteiger partial charge is 0.748 e. The average Bonchev–Trinajstić information content (AvgIpc) is 3.77. The van der Waals surface area contributed by atoms with Crippen molar-refractivity contribution in [1.82, 2.24) is 24.8 Å². The summed E-state index contributed by atoms with van der Waals surface area (Å²) in [5.74, 6) is -0.421. The lowest BCUT2D eigenvalue weighted by molar-refractivity contribution is -0.696. The van der Waals surface area contributed by atoms with Crippen LogP contribution in [0.4, 0.5) is 17.6 Å². The zero-order valence-electron chi connectivity index (χ0n) is 35.8. The molecule has 0 aliphatic carbocycles. The van der Waals surface area contributed by atoms with Crippen molar-refractivity contribution in [2.75, 3.05) is 54.5 Å². The number of carbonyl (C=O) groups excluding carboxylic acids is 1. The summed E-state index contributed by atoms with van der Waals surface area (Å²) in [5.41, 5.74) is 7.21. The number of aromatic amines is 1. The number of carbonyl (C=O) groups is 1. The van der Waals surface area contributed by atoms with Gasteiger partial charge in [-0.15, -0.1) is 0 Å². The second-order valence-corrected chi connectivity index (χ2v) is 18.9. The van der Waals surface area contributed by atoms with Crippen LogP contribution in [0.2, 0.25) is 0 Å². The molecule has 2 aliphatic rings. The lowest BCUT2D eigenvalue weighted by Crippen LogP contribution is -2.39. The fourth-order valence-electron chi connectivity index (χ4n) is 7.98. The van der Waals surface area contributed by atoms with Crippen molar-refractivity contribution in [1.29, 1.82) is 0 Å². The number of nitrogens with two attached hydrogens (primary N) is 1. The molecule has 2 saturated heterocycles. The Morgan fingerprint density at radius 1 is 1.06 bits per heavy atom. The van der Waals surface area contributed by atoms with Gasteiger partial charge < -0.3 is 45.0 Å². The number of nitrogen functional groups attached to an aromatic ring is 1. The zero-order valence-corrected chi connectivity index (χ0v) is 37.5. The molecule has 4 aromatic heterocycles. The predicted octanol–water partition coefficient (Wildman–Crippen LogP) is 2.65. The van der Waals surface area contributed by atoms with Crippen molar-refractivity contribution < 1.29 is 55.1 Å². The van der Waals surface area contributed by atoms with Crippen LogP contribution in [0.25, 0.3) is 33.3 Å². The number of unbranched alkanes of at least 4 members (excludes halogenated alkanes) is 5. The van der Waals surface area contributed by atoms with E-state index in [1.165, 1.54) is 4.57 Å². The van der Waals surface area contributed by atoms with E-state index in [2.05, 4.69) is 37.4 Å². The number of ether oxygens (including phenoxy) is 1. The van der Waals surface area contributed by atoms with Crippen molar-refractivity contribution in [3.05, 3.63) is 69.6 Å². The minimum atomic E-state index is -4.37. The summed E-state index contributed by atoms with van der Waals surface area (Å²) in [4.78, 5) is 61.2. The SMILES string of the molecule is CCN(CCCCCC(=O)NCCCCCCNc1nc2c(=O)[nH]c(N)nc2n1[C@@H]1O[C@@H]2COP(=O)(O)O[C@H]2[C@H]1O)c1ccc2cc(-c3cc[n+](CCCS(=O)(=O)[O-])cc3)c(=O)oc2c1. The summed E-state index contributed by atoms with van der Waals surface area (Å²) in [6.45, 7) is 4.64. The maximum absolute atomic E-state index is 13.0. The predicted molar refractivity (Wildman–Crippen MR) is 237 cm³/mol. The van der Waals surface area contributed by atoms with E-state index >= 15 is 0 Å². The van der Waals surface area contributed by atoms with Crippen LogP contribution in [0.5, 0.6) is 0 Å². The Kier molecular flexibility index (Phi) is 15.4. The van der Waals surface area contributed by atoms with Crippen LogP contribution in [0.3, 0.4) is 0 Å². The molecule has 7 rings (SSSR count). The number of imidazole rings is 1. The topological polar surface area (TPSA) is 310 Å². The molecule has 1 amide bonds. The number of phosphoric acid groups is 1. The van der Waals surface area contributed by atoms with Gasteiger partial charge in [0.15, 0.2) is 29.8 Å². The molecular weight excluding hydrogens is 890 g/mol. The van der Waals surface area contributed by atoms with E-state index in [0.717, 1.165) is 69.1 Å². The number of nitrogens with zero attached hydrogens (tertiary/aromatic N) is 5.